The van der Waals surface area contributed by atoms with Crippen LogP contribution in [0.1, 0.15) is 32.2 Å². The molecule has 0 spiro atoms. The van der Waals surface area contributed by atoms with Crippen molar-refractivity contribution < 1.29 is 9.53 Å². The molecular weight excluding hydrogens is 254 g/mol. The number of carbonyl (C=O) groups excluding carboxylic acids is 1. The van der Waals surface area contributed by atoms with Crippen LogP contribution in [0.25, 0.3) is 0 Å². The Morgan fingerprint density at radius 2 is 2.05 bits per heavy atom. The topological polar surface area (TPSA) is 54.5 Å². The molecule has 0 aromatic carbocycles. The van der Waals surface area contributed by atoms with Crippen molar-refractivity contribution in [1.29, 1.82) is 0 Å². The number of nitrogens with zero attached hydrogens (tertiary/aromatic N) is 2. The average Bonchev–Trinajstić information content (AvgIpc) is 2.43. The van der Waals surface area contributed by atoms with Crippen molar-refractivity contribution in [2.45, 2.75) is 40.3 Å². The highest BCUT2D eigenvalue weighted by atomic mass is 16.5. The SMILES string of the molecule is CCN(CC)C(=O)C(C)Oc1ccc(C)nc1CNC. The average molecular weight is 279 g/mol. The molecule has 20 heavy (non-hydrogen) atoms. The van der Waals surface area contributed by atoms with E-state index in [1.54, 1.807) is 11.8 Å². The number of hydrogen-bond donors (Lipinski definition) is 1. The molecule has 1 aromatic rings. The minimum Gasteiger partial charge on any atom is -0.479 e. The Labute approximate surface area is 121 Å². The maximum atomic E-state index is 12.2. The monoisotopic (exact) mass is 279 g/mol. The van der Waals surface area contributed by atoms with Crippen LogP contribution < -0.4 is 10.1 Å². The molecule has 1 atom stereocenters. The van der Waals surface area contributed by atoms with E-state index >= 15 is 0 Å². The van der Waals surface area contributed by atoms with Gasteiger partial charge in [0.25, 0.3) is 5.91 Å². The van der Waals surface area contributed by atoms with E-state index in [2.05, 4.69) is 10.3 Å². The maximum absolute atomic E-state index is 12.2. The highest BCUT2D eigenvalue weighted by molar-refractivity contribution is 5.80. The number of hydrogen-bond acceptors (Lipinski definition) is 4. The first kappa shape index (κ1) is 16.4. The number of aromatic nitrogens is 1. The van der Waals surface area contributed by atoms with Crippen molar-refractivity contribution >= 4 is 5.91 Å². The van der Waals surface area contributed by atoms with E-state index in [4.69, 9.17) is 4.74 Å². The number of amides is 1. The number of pyridine rings is 1. The summed E-state index contributed by atoms with van der Waals surface area (Å²) in [4.78, 5) is 18.4. The molecule has 0 aliphatic heterocycles. The van der Waals surface area contributed by atoms with E-state index in [0.29, 0.717) is 25.4 Å². The third kappa shape index (κ3) is 4.20. The van der Waals surface area contributed by atoms with Crippen LogP contribution in [-0.4, -0.2) is 42.0 Å². The van der Waals surface area contributed by atoms with Gasteiger partial charge in [-0.1, -0.05) is 0 Å². The second-order valence-corrected chi connectivity index (χ2v) is 4.70. The summed E-state index contributed by atoms with van der Waals surface area (Å²) in [5.74, 6) is 0.670. The third-order valence-electron chi connectivity index (χ3n) is 3.14. The first-order chi connectivity index (χ1) is 9.53. The summed E-state index contributed by atoms with van der Waals surface area (Å²) in [6, 6.07) is 3.77. The number of nitrogens with one attached hydrogen (secondary N) is 1. The molecule has 5 heteroatoms. The fourth-order valence-corrected chi connectivity index (χ4v) is 2.03. The molecule has 0 radical (unpaired) electrons. The van der Waals surface area contributed by atoms with Crippen LogP contribution in [0.2, 0.25) is 0 Å². The van der Waals surface area contributed by atoms with Gasteiger partial charge in [0.15, 0.2) is 6.10 Å². The summed E-state index contributed by atoms with van der Waals surface area (Å²) in [7, 11) is 1.86. The van der Waals surface area contributed by atoms with E-state index < -0.39 is 6.10 Å². The van der Waals surface area contributed by atoms with Gasteiger partial charge in [-0.15, -0.1) is 0 Å². The predicted octanol–water partition coefficient (Wildman–Crippen LogP) is 1.75. The van der Waals surface area contributed by atoms with Crippen LogP contribution in [0.4, 0.5) is 0 Å². The third-order valence-corrected chi connectivity index (χ3v) is 3.14. The van der Waals surface area contributed by atoms with Crippen molar-refractivity contribution in [3.63, 3.8) is 0 Å². The first-order valence-electron chi connectivity index (χ1n) is 7.10. The van der Waals surface area contributed by atoms with Crippen molar-refractivity contribution in [3.05, 3.63) is 23.5 Å². The molecule has 1 aromatic heterocycles. The lowest BCUT2D eigenvalue weighted by Gasteiger charge is -2.24. The maximum Gasteiger partial charge on any atom is 0.263 e. The predicted molar refractivity (Wildman–Crippen MR) is 79.8 cm³/mol. The Morgan fingerprint density at radius 3 is 2.60 bits per heavy atom. The Bertz CT molecular complexity index is 445. The van der Waals surface area contributed by atoms with Gasteiger partial charge in [-0.3, -0.25) is 9.78 Å². The minimum absolute atomic E-state index is 0.00554. The van der Waals surface area contributed by atoms with E-state index in [1.165, 1.54) is 0 Å². The fourth-order valence-electron chi connectivity index (χ4n) is 2.03. The largest absolute Gasteiger partial charge is 0.479 e. The Hall–Kier alpha value is -1.62. The van der Waals surface area contributed by atoms with Crippen LogP contribution >= 0.6 is 0 Å². The molecule has 1 unspecified atom stereocenters. The van der Waals surface area contributed by atoms with E-state index in [0.717, 1.165) is 11.4 Å². The fraction of sp³-hybridized carbons (Fsp3) is 0.600. The molecular formula is C15H25N3O2. The highest BCUT2D eigenvalue weighted by Crippen LogP contribution is 2.19. The van der Waals surface area contributed by atoms with Crippen LogP contribution in [0, 0.1) is 6.92 Å². The van der Waals surface area contributed by atoms with Gasteiger partial charge in [-0.25, -0.2) is 0 Å². The molecule has 0 bridgehead atoms. The normalized spacial score (nSPS) is 12.1. The first-order valence-corrected chi connectivity index (χ1v) is 7.10. The lowest BCUT2D eigenvalue weighted by molar-refractivity contribution is -0.137. The lowest BCUT2D eigenvalue weighted by Crippen LogP contribution is -2.40. The van der Waals surface area contributed by atoms with Gasteiger partial charge >= 0.3 is 0 Å². The number of carbonyl (C=O) groups is 1. The summed E-state index contributed by atoms with van der Waals surface area (Å²) in [6.07, 6.45) is -0.505. The summed E-state index contributed by atoms with van der Waals surface area (Å²) in [5.41, 5.74) is 1.76. The van der Waals surface area contributed by atoms with Crippen LogP contribution in [0.3, 0.4) is 0 Å². The van der Waals surface area contributed by atoms with E-state index in [1.807, 2.05) is 40.0 Å². The standard InChI is InChI=1S/C15H25N3O2/c1-6-18(7-2)15(19)12(4)20-14-9-8-11(3)17-13(14)10-16-5/h8-9,12,16H,6-7,10H2,1-5H3. The molecule has 112 valence electrons. The Kier molecular flexibility index (Phi) is 6.45. The van der Waals surface area contributed by atoms with Crippen molar-refractivity contribution in [3.8, 4) is 5.75 Å². The smallest absolute Gasteiger partial charge is 0.263 e. The van der Waals surface area contributed by atoms with Gasteiger partial charge in [-0.2, -0.15) is 0 Å². The molecule has 1 rings (SSSR count). The Morgan fingerprint density at radius 1 is 1.40 bits per heavy atom. The van der Waals surface area contributed by atoms with Crippen molar-refractivity contribution in [2.75, 3.05) is 20.1 Å². The number of ether oxygens (including phenoxy) is 1. The molecule has 1 heterocycles. The quantitative estimate of drug-likeness (QED) is 0.826. The minimum atomic E-state index is -0.505. The molecule has 0 saturated heterocycles. The molecule has 0 aliphatic carbocycles. The second kappa shape index (κ2) is 7.85. The van der Waals surface area contributed by atoms with Crippen molar-refractivity contribution in [2.24, 2.45) is 0 Å². The number of aryl methyl sites for hydroxylation is 1. The van der Waals surface area contributed by atoms with Gasteiger partial charge in [0.2, 0.25) is 0 Å². The van der Waals surface area contributed by atoms with Crippen LogP contribution in [-0.2, 0) is 11.3 Å². The summed E-state index contributed by atoms with van der Waals surface area (Å²) in [5, 5.41) is 3.06. The van der Waals surface area contributed by atoms with Gasteiger partial charge < -0.3 is 15.0 Å². The second-order valence-electron chi connectivity index (χ2n) is 4.70. The Balaban J connectivity index is 2.84. The van der Waals surface area contributed by atoms with Gasteiger partial charge in [0, 0.05) is 25.3 Å². The number of likely N-dealkylation sites (N-methyl/N-ethyl adjacent to an activating group) is 1. The summed E-state index contributed by atoms with van der Waals surface area (Å²) < 4.78 is 5.81. The zero-order chi connectivity index (χ0) is 15.1. The van der Waals surface area contributed by atoms with Gasteiger partial charge in [-0.05, 0) is 46.9 Å². The van der Waals surface area contributed by atoms with Crippen LogP contribution in [0.5, 0.6) is 5.75 Å². The molecule has 5 nitrogen and oxygen atoms in total. The van der Waals surface area contributed by atoms with Crippen molar-refractivity contribution in [1.82, 2.24) is 15.2 Å². The summed E-state index contributed by atoms with van der Waals surface area (Å²) >= 11 is 0. The van der Waals surface area contributed by atoms with Crippen LogP contribution in [0.15, 0.2) is 12.1 Å². The summed E-state index contributed by atoms with van der Waals surface area (Å²) in [6.45, 7) is 9.65. The van der Waals surface area contributed by atoms with E-state index in [-0.39, 0.29) is 5.91 Å². The van der Waals surface area contributed by atoms with Gasteiger partial charge in [0.1, 0.15) is 5.75 Å². The molecule has 1 N–H and O–H groups in total. The molecule has 0 fully saturated rings. The number of rotatable bonds is 7. The molecule has 1 amide bonds. The molecule has 0 aliphatic rings. The van der Waals surface area contributed by atoms with Gasteiger partial charge in [0.05, 0.1) is 5.69 Å². The molecule has 0 saturated carbocycles. The highest BCUT2D eigenvalue weighted by Gasteiger charge is 2.21. The van der Waals surface area contributed by atoms with E-state index in [9.17, 15) is 4.79 Å². The zero-order valence-corrected chi connectivity index (χ0v) is 13.1. The zero-order valence-electron chi connectivity index (χ0n) is 13.1. The lowest BCUT2D eigenvalue weighted by atomic mass is 10.2.